The number of carboxylic acids is 1. The summed E-state index contributed by atoms with van der Waals surface area (Å²) in [6.07, 6.45) is 6.00. The lowest BCUT2D eigenvalue weighted by molar-refractivity contribution is -0.207. The van der Waals surface area contributed by atoms with Crippen LogP contribution >= 0.6 is 0 Å². The van der Waals surface area contributed by atoms with Crippen LogP contribution in [0.15, 0.2) is 0 Å². The minimum Gasteiger partial charge on any atom is -0.481 e. The zero-order valence-electron chi connectivity index (χ0n) is 18.3. The molecule has 0 aliphatic heterocycles. The lowest BCUT2D eigenvalue weighted by Crippen LogP contribution is -2.62. The SMILES string of the molecule is CC(CCC(=O)O)C1CC[C@H]2[C@H]3C(CC(O)C12C)C1(C)CC[C@@H](O)C[C@H]1C[C@@H]3O. The number of rotatable bonds is 4. The normalized spacial score (nSPS) is 52.9. The van der Waals surface area contributed by atoms with E-state index in [1.165, 1.54) is 0 Å². The van der Waals surface area contributed by atoms with Gasteiger partial charge in [0.15, 0.2) is 0 Å². The molecule has 0 bridgehead atoms. The third kappa shape index (κ3) is 3.27. The molecule has 4 rings (SSSR count). The lowest BCUT2D eigenvalue weighted by atomic mass is 9.43. The van der Waals surface area contributed by atoms with Crippen LogP contribution in [0.1, 0.15) is 78.6 Å². The van der Waals surface area contributed by atoms with Gasteiger partial charge in [-0.3, -0.25) is 4.79 Å². The van der Waals surface area contributed by atoms with E-state index in [0.717, 1.165) is 44.9 Å². The fraction of sp³-hybridized carbons (Fsp3) is 0.958. The van der Waals surface area contributed by atoms with Gasteiger partial charge in [0.1, 0.15) is 0 Å². The Morgan fingerprint density at radius 3 is 2.45 bits per heavy atom. The van der Waals surface area contributed by atoms with Gasteiger partial charge in [0.25, 0.3) is 0 Å². The molecule has 6 unspecified atom stereocenters. The molecule has 0 heterocycles. The summed E-state index contributed by atoms with van der Waals surface area (Å²) in [5, 5.41) is 42.0. The van der Waals surface area contributed by atoms with Crippen molar-refractivity contribution in [1.82, 2.24) is 0 Å². The highest BCUT2D eigenvalue weighted by molar-refractivity contribution is 5.66. The summed E-state index contributed by atoms with van der Waals surface area (Å²) in [4.78, 5) is 11.1. The molecule has 5 heteroatoms. The predicted molar refractivity (Wildman–Crippen MR) is 110 cm³/mol. The van der Waals surface area contributed by atoms with Crippen LogP contribution in [0.25, 0.3) is 0 Å². The Hall–Kier alpha value is -0.650. The molecule has 0 aromatic carbocycles. The van der Waals surface area contributed by atoms with Gasteiger partial charge in [0.05, 0.1) is 18.3 Å². The highest BCUT2D eigenvalue weighted by atomic mass is 16.4. The van der Waals surface area contributed by atoms with Crippen LogP contribution < -0.4 is 0 Å². The first-order valence-corrected chi connectivity index (χ1v) is 11.8. The van der Waals surface area contributed by atoms with Crippen molar-refractivity contribution < 1.29 is 25.2 Å². The van der Waals surface area contributed by atoms with Gasteiger partial charge in [-0.15, -0.1) is 0 Å². The molecule has 4 saturated carbocycles. The number of aliphatic carboxylic acids is 1. The molecule has 0 spiro atoms. The Bertz CT molecular complexity index is 637. The monoisotopic (exact) mass is 408 g/mol. The molecular weight excluding hydrogens is 368 g/mol. The van der Waals surface area contributed by atoms with E-state index < -0.39 is 12.1 Å². The fourth-order valence-electron chi connectivity index (χ4n) is 8.68. The number of aliphatic hydroxyl groups is 3. The zero-order valence-corrected chi connectivity index (χ0v) is 18.3. The van der Waals surface area contributed by atoms with Crippen molar-refractivity contribution in [2.24, 2.45) is 46.3 Å². The van der Waals surface area contributed by atoms with E-state index in [4.69, 9.17) is 5.11 Å². The van der Waals surface area contributed by atoms with Gasteiger partial charge >= 0.3 is 5.97 Å². The summed E-state index contributed by atoms with van der Waals surface area (Å²) < 4.78 is 0. The zero-order chi connectivity index (χ0) is 21.1. The van der Waals surface area contributed by atoms with Gasteiger partial charge in [-0.1, -0.05) is 20.8 Å². The third-order valence-corrected chi connectivity index (χ3v) is 10.3. The molecular formula is C24H40O5. The Morgan fingerprint density at radius 1 is 1.03 bits per heavy atom. The predicted octanol–water partition coefficient (Wildman–Crippen LogP) is 3.45. The molecule has 4 aliphatic carbocycles. The Kier molecular flexibility index (Phi) is 5.57. The first-order valence-electron chi connectivity index (χ1n) is 11.8. The van der Waals surface area contributed by atoms with Crippen molar-refractivity contribution in [3.63, 3.8) is 0 Å². The average Bonchev–Trinajstić information content (AvgIpc) is 3.01. The van der Waals surface area contributed by atoms with Crippen molar-refractivity contribution in [3.8, 4) is 0 Å². The number of hydrogen-bond donors (Lipinski definition) is 4. The maximum atomic E-state index is 11.5. The van der Waals surface area contributed by atoms with Crippen molar-refractivity contribution in [1.29, 1.82) is 0 Å². The molecule has 5 nitrogen and oxygen atoms in total. The van der Waals surface area contributed by atoms with Crippen molar-refractivity contribution in [3.05, 3.63) is 0 Å². The summed E-state index contributed by atoms with van der Waals surface area (Å²) in [6, 6.07) is 0. The quantitative estimate of drug-likeness (QED) is 0.571. The van der Waals surface area contributed by atoms with E-state index in [9.17, 15) is 20.1 Å². The van der Waals surface area contributed by atoms with E-state index >= 15 is 0 Å². The molecule has 0 aromatic rings. The second-order valence-electron chi connectivity index (χ2n) is 11.4. The van der Waals surface area contributed by atoms with Crippen LogP contribution in [-0.2, 0) is 4.79 Å². The first-order chi connectivity index (χ1) is 13.6. The molecule has 29 heavy (non-hydrogen) atoms. The minimum absolute atomic E-state index is 0.0957. The summed E-state index contributed by atoms with van der Waals surface area (Å²) >= 11 is 0. The van der Waals surface area contributed by atoms with E-state index in [2.05, 4.69) is 20.8 Å². The maximum Gasteiger partial charge on any atom is 0.303 e. The van der Waals surface area contributed by atoms with Crippen LogP contribution in [0.4, 0.5) is 0 Å². The van der Waals surface area contributed by atoms with Crippen molar-refractivity contribution in [2.75, 3.05) is 0 Å². The highest BCUT2D eigenvalue weighted by Gasteiger charge is 2.65. The van der Waals surface area contributed by atoms with Crippen LogP contribution in [0.2, 0.25) is 0 Å². The maximum absolute atomic E-state index is 11.5. The third-order valence-electron chi connectivity index (χ3n) is 10.3. The van der Waals surface area contributed by atoms with Gasteiger partial charge in [-0.2, -0.15) is 0 Å². The molecule has 4 fully saturated rings. The van der Waals surface area contributed by atoms with E-state index in [1.807, 2.05) is 0 Å². The number of hydrogen-bond acceptors (Lipinski definition) is 4. The summed E-state index contributed by atoms with van der Waals surface area (Å²) in [6.45, 7) is 6.72. The van der Waals surface area contributed by atoms with Crippen LogP contribution in [-0.4, -0.2) is 44.7 Å². The van der Waals surface area contributed by atoms with Crippen LogP contribution in [0.3, 0.4) is 0 Å². The number of carbonyl (C=O) groups is 1. The van der Waals surface area contributed by atoms with Crippen LogP contribution in [0.5, 0.6) is 0 Å². The van der Waals surface area contributed by atoms with Gasteiger partial charge in [0, 0.05) is 6.42 Å². The topological polar surface area (TPSA) is 98.0 Å². The van der Waals surface area contributed by atoms with E-state index in [-0.39, 0.29) is 41.3 Å². The molecule has 4 aliphatic rings. The van der Waals surface area contributed by atoms with E-state index in [1.54, 1.807) is 0 Å². The van der Waals surface area contributed by atoms with Gasteiger partial charge in [-0.25, -0.2) is 0 Å². The van der Waals surface area contributed by atoms with Gasteiger partial charge in [-0.05, 0) is 97.7 Å². The summed E-state index contributed by atoms with van der Waals surface area (Å²) in [7, 11) is 0. The first kappa shape index (κ1) is 21.6. The lowest BCUT2D eigenvalue weighted by Gasteiger charge is -2.63. The molecule has 11 atom stereocenters. The second-order valence-corrected chi connectivity index (χ2v) is 11.4. The van der Waals surface area contributed by atoms with Crippen molar-refractivity contribution >= 4 is 5.97 Å². The highest BCUT2D eigenvalue weighted by Crippen LogP contribution is 2.68. The standard InChI is InChI=1S/C24H40O5/c1-13(4-7-21(28)29)16-5-6-17-22-18(12-20(27)24(16,17)3)23(2)9-8-15(25)10-14(23)11-19(22)26/h13-20,22,25-27H,4-12H2,1-3H3,(H,28,29)/t13?,14-,15+,16?,17-,18?,19-,20?,22-,23?,24?/m0/s1. The minimum atomic E-state index is -0.748. The molecule has 0 aromatic heterocycles. The number of aliphatic hydroxyl groups excluding tert-OH is 3. The van der Waals surface area contributed by atoms with Crippen molar-refractivity contribution in [2.45, 2.75) is 96.9 Å². The average molecular weight is 409 g/mol. The summed E-state index contributed by atoms with van der Waals surface area (Å²) in [5.74, 6) is 0.997. The molecule has 0 radical (unpaired) electrons. The second kappa shape index (κ2) is 7.49. The summed E-state index contributed by atoms with van der Waals surface area (Å²) in [5.41, 5.74) is -0.143. The van der Waals surface area contributed by atoms with Gasteiger partial charge < -0.3 is 20.4 Å². The Morgan fingerprint density at radius 2 is 1.76 bits per heavy atom. The molecule has 0 amide bonds. The van der Waals surface area contributed by atoms with Gasteiger partial charge in [0.2, 0.25) is 0 Å². The Balaban J connectivity index is 1.61. The molecule has 4 N–H and O–H groups in total. The fourth-order valence-corrected chi connectivity index (χ4v) is 8.68. The smallest absolute Gasteiger partial charge is 0.303 e. The Labute approximate surface area is 174 Å². The molecule has 166 valence electrons. The largest absolute Gasteiger partial charge is 0.481 e. The number of fused-ring (bicyclic) bond motifs is 5. The van der Waals surface area contributed by atoms with E-state index in [0.29, 0.717) is 30.1 Å². The number of carboxylic acid groups (broad SMARTS) is 1. The van der Waals surface area contributed by atoms with Crippen LogP contribution in [0, 0.1) is 46.3 Å². The molecule has 0 saturated heterocycles.